The fourth-order valence-electron chi connectivity index (χ4n) is 12.5. The number of aromatic nitrogens is 6. The summed E-state index contributed by atoms with van der Waals surface area (Å²) in [6.07, 6.45) is 0. The van der Waals surface area contributed by atoms with Crippen LogP contribution in [0.2, 0.25) is 0 Å². The molecule has 0 radical (unpaired) electrons. The fourth-order valence-corrected chi connectivity index (χ4v) is 12.8. The lowest BCUT2D eigenvalue weighted by Gasteiger charge is -2.08. The van der Waals surface area contributed by atoms with Gasteiger partial charge in [0.05, 0.1) is 22.1 Å². The summed E-state index contributed by atoms with van der Waals surface area (Å²) >= 11 is 3.54. The van der Waals surface area contributed by atoms with E-state index in [2.05, 4.69) is 152 Å². The number of fused-ring (bicyclic) bond motifs is 12. The summed E-state index contributed by atoms with van der Waals surface area (Å²) in [4.78, 5) is 19.8. The van der Waals surface area contributed by atoms with Gasteiger partial charge in [-0.1, -0.05) is 234 Å². The third-order valence-corrected chi connectivity index (χ3v) is 17.3. The van der Waals surface area contributed by atoms with E-state index in [0.717, 1.165) is 115 Å². The molecule has 0 saturated carbocycles. The van der Waals surface area contributed by atoms with Crippen LogP contribution in [0.1, 0.15) is 0 Å². The third-order valence-electron chi connectivity index (χ3n) is 16.8. The number of benzene rings is 12. The molecule has 18 aromatic rings. The molecule has 10 nitrogen and oxygen atoms in total. The van der Waals surface area contributed by atoms with Crippen molar-refractivity contribution in [3.63, 3.8) is 0 Å². The monoisotopic (exact) mass is 1250 g/mol. The van der Waals surface area contributed by atoms with Crippen molar-refractivity contribution in [1.82, 2.24) is 29.1 Å². The van der Waals surface area contributed by atoms with Gasteiger partial charge in [-0.2, -0.15) is 0 Å². The van der Waals surface area contributed by atoms with Gasteiger partial charge in [0.25, 0.3) is 0 Å². The Hall–Kier alpha value is -11.5. The molecule has 0 aliphatic carbocycles. The molecule has 6 aromatic heterocycles. The van der Waals surface area contributed by atoms with Gasteiger partial charge in [0.2, 0.25) is 0 Å². The van der Waals surface area contributed by atoms with Gasteiger partial charge >= 0.3 is 7.12 Å². The van der Waals surface area contributed by atoms with Gasteiger partial charge in [-0.05, 0) is 102 Å². The maximum Gasteiger partial charge on any atom is 0.488 e. The Morgan fingerprint density at radius 2 is 0.674 bits per heavy atom. The highest BCUT2D eigenvalue weighted by molar-refractivity contribution is 9.10. The minimum absolute atomic E-state index is 0.503. The van der Waals surface area contributed by atoms with Crippen LogP contribution in [0.3, 0.4) is 0 Å². The van der Waals surface area contributed by atoms with E-state index in [1.807, 2.05) is 170 Å². The predicted molar refractivity (Wildman–Crippen MR) is 378 cm³/mol. The van der Waals surface area contributed by atoms with Crippen LogP contribution in [0.5, 0.6) is 0 Å². The second-order valence-electron chi connectivity index (χ2n) is 22.4. The lowest BCUT2D eigenvalue weighted by molar-refractivity contribution is 0.426. The molecule has 0 atom stereocenters. The first kappa shape index (κ1) is 55.8. The molecule has 92 heavy (non-hydrogen) atoms. The zero-order chi connectivity index (χ0) is 61.7. The van der Waals surface area contributed by atoms with E-state index < -0.39 is 7.12 Å². The molecule has 436 valence electrons. The highest BCUT2D eigenvalue weighted by atomic mass is 79.9. The lowest BCUT2D eigenvalue weighted by Crippen LogP contribution is -2.29. The van der Waals surface area contributed by atoms with E-state index in [-0.39, 0.29) is 0 Å². The number of hydrogen-bond donors (Lipinski definition) is 2. The lowest BCUT2D eigenvalue weighted by atomic mass is 9.80. The van der Waals surface area contributed by atoms with Crippen molar-refractivity contribution in [3.05, 3.63) is 308 Å². The number of nitrogens with zero attached hydrogens (tertiary/aromatic N) is 6. The van der Waals surface area contributed by atoms with Crippen molar-refractivity contribution in [2.45, 2.75) is 0 Å². The molecule has 0 amide bonds. The Labute approximate surface area is 536 Å². The zero-order valence-electron chi connectivity index (χ0n) is 49.2. The number of hydrogen-bond acceptors (Lipinski definition) is 8. The highest BCUT2D eigenvalue weighted by Gasteiger charge is 2.22. The normalized spacial score (nSPS) is 11.4. The van der Waals surface area contributed by atoms with Crippen molar-refractivity contribution in [2.75, 3.05) is 0 Å². The summed E-state index contributed by atoms with van der Waals surface area (Å²) in [7, 11) is -1.46. The summed E-state index contributed by atoms with van der Waals surface area (Å²) in [5.41, 5.74) is 19.7. The average molecular weight is 1250 g/mol. The molecule has 0 aliphatic rings. The summed E-state index contributed by atoms with van der Waals surface area (Å²) in [6, 6.07) is 103. The molecule has 12 aromatic carbocycles. The van der Waals surface area contributed by atoms with Crippen molar-refractivity contribution in [3.8, 4) is 67.8 Å². The average Bonchev–Trinajstić information content (AvgIpc) is 1.65. The van der Waals surface area contributed by atoms with E-state index in [0.29, 0.717) is 28.3 Å². The van der Waals surface area contributed by atoms with Gasteiger partial charge in [-0.15, -0.1) is 0 Å². The van der Waals surface area contributed by atoms with Crippen LogP contribution in [0.4, 0.5) is 0 Å². The maximum atomic E-state index is 9.43. The number of para-hydroxylation sites is 4. The van der Waals surface area contributed by atoms with Crippen LogP contribution in [-0.4, -0.2) is 46.2 Å². The minimum atomic E-state index is -1.46. The SMILES string of the molecule is Brc1ccc2oc3c(-c4ccccc4)nc(-c4ccccc4)nc3c2c1.OB(O)c1ccc2c(c1)c1ccccc1n2-c1ccccc1.c1ccc(-c2nc(-c3ccccc3)c3oc4ccc(-c5ccc6c(c5)c5ccccc5n6-c5ccccc5)cc4c3n2)cc1. The second kappa shape index (κ2) is 23.8. The predicted octanol–water partition coefficient (Wildman–Crippen LogP) is 19.4. The van der Waals surface area contributed by atoms with Crippen LogP contribution in [-0.2, 0) is 0 Å². The van der Waals surface area contributed by atoms with Gasteiger partial charge < -0.3 is 28.0 Å². The number of rotatable bonds is 8. The van der Waals surface area contributed by atoms with Crippen molar-refractivity contribution in [1.29, 1.82) is 0 Å². The second-order valence-corrected chi connectivity index (χ2v) is 23.3. The quantitative estimate of drug-likeness (QED) is 0.144. The topological polar surface area (TPSA) is 128 Å². The van der Waals surface area contributed by atoms with Crippen LogP contribution < -0.4 is 5.46 Å². The highest BCUT2D eigenvalue weighted by Crippen LogP contribution is 2.41. The van der Waals surface area contributed by atoms with Crippen LogP contribution in [0.25, 0.3) is 156 Å². The van der Waals surface area contributed by atoms with E-state index >= 15 is 0 Å². The first-order chi connectivity index (χ1) is 45.4. The van der Waals surface area contributed by atoms with E-state index in [9.17, 15) is 10.0 Å². The van der Waals surface area contributed by atoms with E-state index in [1.165, 1.54) is 21.8 Å². The largest absolute Gasteiger partial charge is 0.488 e. The molecule has 0 bridgehead atoms. The van der Waals surface area contributed by atoms with Gasteiger partial charge in [0, 0.05) is 70.4 Å². The van der Waals surface area contributed by atoms with Crippen LogP contribution in [0, 0.1) is 0 Å². The number of furan rings is 2. The van der Waals surface area contributed by atoms with Gasteiger partial charge in [0.15, 0.2) is 22.8 Å². The molecule has 0 saturated heterocycles. The summed E-state index contributed by atoms with van der Waals surface area (Å²) < 4.78 is 18.1. The van der Waals surface area contributed by atoms with Crippen molar-refractivity contribution < 1.29 is 18.9 Å². The molecule has 0 spiro atoms. The first-order valence-corrected chi connectivity index (χ1v) is 31.1. The Morgan fingerprint density at radius 3 is 1.15 bits per heavy atom. The molecule has 0 fully saturated rings. The van der Waals surface area contributed by atoms with Gasteiger partial charge in [0.1, 0.15) is 33.6 Å². The van der Waals surface area contributed by atoms with E-state index in [4.69, 9.17) is 28.8 Å². The Bertz CT molecular complexity index is 5740. The zero-order valence-corrected chi connectivity index (χ0v) is 50.8. The molecule has 0 unspecified atom stereocenters. The summed E-state index contributed by atoms with van der Waals surface area (Å²) in [5, 5.41) is 25.4. The maximum absolute atomic E-state index is 9.43. The Morgan fingerprint density at radius 1 is 0.304 bits per heavy atom. The molecular weight excluding hydrogens is 1200 g/mol. The molecule has 12 heteroatoms. The fraction of sp³-hybridized carbons (Fsp3) is 0. The third kappa shape index (κ3) is 10.2. The molecule has 2 N–H and O–H groups in total. The van der Waals surface area contributed by atoms with Gasteiger partial charge in [-0.3, -0.25) is 0 Å². The number of halogens is 1. The standard InChI is InChI=1S/C40H25N3O.C22H13BrN2O.C18H14BNO2/c1-4-12-26(13-5-1)37-39-38(42-40(41-37)27-14-6-2-7-15-27)33-25-29(21-23-36(33)44-39)28-20-22-35-32(24-28)31-18-10-11-19-34(31)43(35)30-16-8-3-9-17-30;23-16-11-12-18-17(13-16)20-21(26-18)19(14-7-3-1-4-8-14)24-22(25-20)15-9-5-2-6-10-15;21-19(22)13-10-11-18-16(12-13)15-8-4-5-9-17(15)20(18)14-6-2-1-3-7-14/h1-25H;1-13H;1-12,21-22H. The Balaban J connectivity index is 0.000000119. The molecule has 18 rings (SSSR count). The van der Waals surface area contributed by atoms with Crippen molar-refractivity contribution >= 4 is 116 Å². The summed E-state index contributed by atoms with van der Waals surface area (Å²) in [6.45, 7) is 0. The van der Waals surface area contributed by atoms with Crippen molar-refractivity contribution in [2.24, 2.45) is 0 Å². The van der Waals surface area contributed by atoms with Gasteiger partial charge in [-0.25, -0.2) is 19.9 Å². The molecule has 6 heterocycles. The van der Waals surface area contributed by atoms with E-state index in [1.54, 1.807) is 6.07 Å². The van der Waals surface area contributed by atoms with Crippen LogP contribution in [0.15, 0.2) is 317 Å². The van der Waals surface area contributed by atoms with Crippen LogP contribution >= 0.6 is 15.9 Å². The Kier molecular flexibility index (Phi) is 14.4. The first-order valence-electron chi connectivity index (χ1n) is 30.3. The summed E-state index contributed by atoms with van der Waals surface area (Å²) in [5.74, 6) is 1.37. The smallest absolute Gasteiger partial charge is 0.452 e. The minimum Gasteiger partial charge on any atom is -0.452 e. The molecular formula is C80H52BBrN6O4. The molecule has 0 aliphatic heterocycles.